The zero-order chi connectivity index (χ0) is 16.4. The van der Waals surface area contributed by atoms with Crippen molar-refractivity contribution < 1.29 is 4.74 Å². The highest BCUT2D eigenvalue weighted by atomic mass is 16.5. The Morgan fingerprint density at radius 1 is 1.04 bits per heavy atom. The van der Waals surface area contributed by atoms with Gasteiger partial charge in [0, 0.05) is 37.3 Å². The first-order valence-corrected chi connectivity index (χ1v) is 8.30. The molecule has 0 saturated carbocycles. The van der Waals surface area contributed by atoms with Crippen molar-refractivity contribution >= 4 is 0 Å². The lowest BCUT2D eigenvalue weighted by Gasteiger charge is -2.27. The van der Waals surface area contributed by atoms with E-state index in [2.05, 4.69) is 51.1 Å². The van der Waals surface area contributed by atoms with Crippen molar-refractivity contribution in [3.8, 4) is 11.4 Å². The molecule has 4 nitrogen and oxygen atoms in total. The predicted octanol–water partition coefficient (Wildman–Crippen LogP) is 3.44. The molecule has 0 amide bonds. The van der Waals surface area contributed by atoms with Gasteiger partial charge >= 0.3 is 0 Å². The summed E-state index contributed by atoms with van der Waals surface area (Å²) in [5, 5.41) is 4.61. The van der Waals surface area contributed by atoms with Gasteiger partial charge in [-0.05, 0) is 29.8 Å². The monoisotopic (exact) mass is 319 g/mol. The van der Waals surface area contributed by atoms with Crippen molar-refractivity contribution in [2.24, 2.45) is 0 Å². The second kappa shape index (κ2) is 6.49. The van der Waals surface area contributed by atoms with Crippen LogP contribution >= 0.6 is 0 Å². The summed E-state index contributed by atoms with van der Waals surface area (Å²) in [6.07, 6.45) is 3.04. The highest BCUT2D eigenvalue weighted by molar-refractivity contribution is 5.36. The maximum atomic E-state index is 5.23. The molecule has 4 rings (SSSR count). The molecule has 1 aliphatic rings. The van der Waals surface area contributed by atoms with E-state index in [9.17, 15) is 0 Å². The van der Waals surface area contributed by atoms with Crippen molar-refractivity contribution in [2.45, 2.75) is 19.5 Å². The third-order valence-corrected chi connectivity index (χ3v) is 4.58. The maximum absolute atomic E-state index is 5.23. The number of aromatic nitrogens is 2. The molecule has 0 bridgehead atoms. The van der Waals surface area contributed by atoms with Crippen LogP contribution in [-0.2, 0) is 19.5 Å². The second-order valence-electron chi connectivity index (χ2n) is 6.17. The summed E-state index contributed by atoms with van der Waals surface area (Å²) < 4.78 is 7.31. The van der Waals surface area contributed by atoms with Crippen LogP contribution in [0.25, 0.3) is 5.69 Å². The molecule has 4 heteroatoms. The van der Waals surface area contributed by atoms with Crippen LogP contribution in [0.15, 0.2) is 60.8 Å². The number of rotatable bonds is 4. The van der Waals surface area contributed by atoms with Crippen LogP contribution in [0.5, 0.6) is 5.75 Å². The predicted molar refractivity (Wildman–Crippen MR) is 94.4 cm³/mol. The highest BCUT2D eigenvalue weighted by Crippen LogP contribution is 2.23. The fourth-order valence-electron chi connectivity index (χ4n) is 3.31. The van der Waals surface area contributed by atoms with Gasteiger partial charge in [-0.1, -0.05) is 30.3 Å². The Labute approximate surface area is 142 Å². The van der Waals surface area contributed by atoms with E-state index in [1.54, 1.807) is 7.11 Å². The van der Waals surface area contributed by atoms with Gasteiger partial charge in [-0.25, -0.2) is 4.68 Å². The van der Waals surface area contributed by atoms with Crippen molar-refractivity contribution in [3.05, 3.63) is 77.6 Å². The SMILES string of the molecule is COc1ccc(CN2CCc3c(cnn3-c3ccccc3)C2)cc1. The molecule has 0 N–H and O–H groups in total. The number of benzene rings is 2. The minimum absolute atomic E-state index is 0.906. The third kappa shape index (κ3) is 2.93. The summed E-state index contributed by atoms with van der Waals surface area (Å²) in [6, 6.07) is 18.7. The second-order valence-corrected chi connectivity index (χ2v) is 6.17. The number of hydrogen-bond acceptors (Lipinski definition) is 3. The molecule has 1 aliphatic heterocycles. The van der Waals surface area contributed by atoms with Crippen LogP contribution < -0.4 is 4.74 Å². The summed E-state index contributed by atoms with van der Waals surface area (Å²) in [5.41, 5.74) is 5.13. The number of ether oxygens (including phenoxy) is 1. The molecule has 0 saturated heterocycles. The molecule has 2 aromatic carbocycles. The van der Waals surface area contributed by atoms with Gasteiger partial charge in [-0.15, -0.1) is 0 Å². The standard InChI is InChI=1S/C20H21N3O/c1-24-19-9-7-16(8-10-19)14-22-12-11-20-17(15-22)13-21-23(20)18-5-3-2-4-6-18/h2-10,13H,11-12,14-15H2,1H3. The van der Waals surface area contributed by atoms with E-state index < -0.39 is 0 Å². The van der Waals surface area contributed by atoms with Gasteiger partial charge in [0.15, 0.2) is 0 Å². The van der Waals surface area contributed by atoms with E-state index in [0.29, 0.717) is 0 Å². The Hall–Kier alpha value is -2.59. The lowest BCUT2D eigenvalue weighted by atomic mass is 10.1. The van der Waals surface area contributed by atoms with Crippen molar-refractivity contribution in [2.75, 3.05) is 13.7 Å². The molecule has 0 aliphatic carbocycles. The third-order valence-electron chi connectivity index (χ3n) is 4.58. The Bertz CT molecular complexity index is 809. The largest absolute Gasteiger partial charge is 0.497 e. The summed E-state index contributed by atoms with van der Waals surface area (Å²) in [7, 11) is 1.70. The molecule has 0 spiro atoms. The molecule has 2 heterocycles. The average molecular weight is 319 g/mol. The van der Waals surface area contributed by atoms with Gasteiger partial charge < -0.3 is 4.74 Å². The van der Waals surface area contributed by atoms with Gasteiger partial charge in [-0.3, -0.25) is 4.90 Å². The molecule has 0 atom stereocenters. The van der Waals surface area contributed by atoms with Crippen LogP contribution in [-0.4, -0.2) is 28.3 Å². The molecular weight excluding hydrogens is 298 g/mol. The number of para-hydroxylation sites is 1. The average Bonchev–Trinajstić information content (AvgIpc) is 3.06. The van der Waals surface area contributed by atoms with Crippen molar-refractivity contribution in [1.82, 2.24) is 14.7 Å². The lowest BCUT2D eigenvalue weighted by molar-refractivity contribution is 0.243. The van der Waals surface area contributed by atoms with Crippen LogP contribution in [0.2, 0.25) is 0 Å². The van der Waals surface area contributed by atoms with Crippen LogP contribution in [0.1, 0.15) is 16.8 Å². The Morgan fingerprint density at radius 2 is 1.83 bits per heavy atom. The normalized spacial score (nSPS) is 14.4. The zero-order valence-corrected chi connectivity index (χ0v) is 13.9. The van der Waals surface area contributed by atoms with Gasteiger partial charge in [0.1, 0.15) is 5.75 Å². The minimum atomic E-state index is 0.906. The van der Waals surface area contributed by atoms with Crippen LogP contribution in [0, 0.1) is 0 Å². The molecule has 0 unspecified atom stereocenters. The quantitative estimate of drug-likeness (QED) is 0.738. The molecule has 24 heavy (non-hydrogen) atoms. The van der Waals surface area contributed by atoms with Gasteiger partial charge in [0.25, 0.3) is 0 Å². The molecule has 1 aromatic heterocycles. The zero-order valence-electron chi connectivity index (χ0n) is 13.9. The Morgan fingerprint density at radius 3 is 2.58 bits per heavy atom. The Balaban J connectivity index is 1.49. The summed E-state index contributed by atoms with van der Waals surface area (Å²) in [5.74, 6) is 0.906. The van der Waals surface area contributed by atoms with Gasteiger partial charge in [0.05, 0.1) is 19.0 Å². The van der Waals surface area contributed by atoms with Crippen LogP contribution in [0.4, 0.5) is 0 Å². The van der Waals surface area contributed by atoms with E-state index in [1.807, 2.05) is 24.4 Å². The van der Waals surface area contributed by atoms with E-state index in [-0.39, 0.29) is 0 Å². The summed E-state index contributed by atoms with van der Waals surface area (Å²) >= 11 is 0. The fourth-order valence-corrected chi connectivity index (χ4v) is 3.31. The first kappa shape index (κ1) is 15.0. The van der Waals surface area contributed by atoms with E-state index >= 15 is 0 Å². The first-order valence-electron chi connectivity index (χ1n) is 8.30. The molecular formula is C20H21N3O. The highest BCUT2D eigenvalue weighted by Gasteiger charge is 2.21. The van der Waals surface area contributed by atoms with E-state index in [0.717, 1.165) is 37.5 Å². The minimum Gasteiger partial charge on any atom is -0.497 e. The van der Waals surface area contributed by atoms with E-state index in [4.69, 9.17) is 4.74 Å². The van der Waals surface area contributed by atoms with Gasteiger partial charge in [-0.2, -0.15) is 5.10 Å². The molecule has 3 aromatic rings. The number of fused-ring (bicyclic) bond motifs is 1. The number of hydrogen-bond donors (Lipinski definition) is 0. The topological polar surface area (TPSA) is 30.3 Å². The number of nitrogens with zero attached hydrogens (tertiary/aromatic N) is 3. The smallest absolute Gasteiger partial charge is 0.118 e. The van der Waals surface area contributed by atoms with Crippen LogP contribution in [0.3, 0.4) is 0 Å². The first-order chi connectivity index (χ1) is 11.8. The van der Waals surface area contributed by atoms with Crippen molar-refractivity contribution in [3.63, 3.8) is 0 Å². The summed E-state index contributed by atoms with van der Waals surface area (Å²) in [4.78, 5) is 2.47. The molecule has 0 fully saturated rings. The Kier molecular flexibility index (Phi) is 4.05. The van der Waals surface area contributed by atoms with Gasteiger partial charge in [0.2, 0.25) is 0 Å². The molecule has 0 radical (unpaired) electrons. The molecule has 122 valence electrons. The summed E-state index contributed by atoms with van der Waals surface area (Å²) in [6.45, 7) is 2.96. The maximum Gasteiger partial charge on any atom is 0.118 e. The fraction of sp³-hybridized carbons (Fsp3) is 0.250. The van der Waals surface area contributed by atoms with E-state index in [1.165, 1.54) is 16.8 Å². The number of methoxy groups -OCH3 is 1. The van der Waals surface area contributed by atoms with Crippen molar-refractivity contribution in [1.29, 1.82) is 0 Å². The lowest BCUT2D eigenvalue weighted by Crippen LogP contribution is -2.30.